The van der Waals surface area contributed by atoms with Crippen molar-refractivity contribution in [2.45, 2.75) is 24.6 Å². The van der Waals surface area contributed by atoms with Crippen LogP contribution in [-0.2, 0) is 4.74 Å². The quantitative estimate of drug-likeness (QED) is 0.638. The molecule has 0 bridgehead atoms. The standard InChI is InChI=1S/C10H12FN5O3/c11-5-4(1-17)19-10(7(5)18)16-3-15-6-8(12)13-2-14-9(6)16/h2-5,7,10,17-18H,1H2,(H2,12,13,14)/t4-,5+,7-,10-/m1/s1/i11-1. The molecule has 4 N–H and O–H groups in total. The van der Waals surface area contributed by atoms with Crippen LogP contribution in [0.25, 0.3) is 11.2 Å². The lowest BCUT2D eigenvalue weighted by molar-refractivity contribution is -0.0495. The van der Waals surface area contributed by atoms with Crippen molar-refractivity contribution in [2.24, 2.45) is 0 Å². The zero-order valence-electron chi connectivity index (χ0n) is 9.72. The zero-order chi connectivity index (χ0) is 13.6. The number of aliphatic hydroxyl groups excluding tert-OH is 2. The molecule has 102 valence electrons. The average Bonchev–Trinajstić information content (AvgIpc) is 2.94. The van der Waals surface area contributed by atoms with Crippen LogP contribution in [0.15, 0.2) is 12.7 Å². The molecular formula is C10H12FN5O3. The predicted molar refractivity (Wildman–Crippen MR) is 61.6 cm³/mol. The Bertz CT molecular complexity index is 606. The number of rotatable bonds is 2. The molecule has 2 aromatic heterocycles. The Hall–Kier alpha value is -1.84. The summed E-state index contributed by atoms with van der Waals surface area (Å²) in [7, 11) is 0. The van der Waals surface area contributed by atoms with Crippen LogP contribution in [0.1, 0.15) is 6.23 Å². The summed E-state index contributed by atoms with van der Waals surface area (Å²) < 4.78 is 20.3. The number of hydrogen-bond acceptors (Lipinski definition) is 7. The molecule has 0 unspecified atom stereocenters. The van der Waals surface area contributed by atoms with E-state index in [1.807, 2.05) is 0 Å². The number of nitrogens with two attached hydrogens (primary N) is 1. The number of hydrogen-bond donors (Lipinski definition) is 3. The maximum atomic E-state index is 13.7. The number of fused-ring (bicyclic) bond motifs is 1. The lowest BCUT2D eigenvalue weighted by atomic mass is 10.1. The maximum absolute atomic E-state index is 13.7. The third-order valence-corrected chi connectivity index (χ3v) is 3.13. The van der Waals surface area contributed by atoms with E-state index in [0.717, 1.165) is 0 Å². The smallest absolute Gasteiger partial charge is 0.167 e. The van der Waals surface area contributed by atoms with Gasteiger partial charge in [-0.3, -0.25) is 4.57 Å². The number of nitrogens with zero attached hydrogens (tertiary/aromatic N) is 4. The Morgan fingerprint density at radius 1 is 1.42 bits per heavy atom. The molecule has 0 amide bonds. The molecule has 0 saturated carbocycles. The van der Waals surface area contributed by atoms with Gasteiger partial charge in [0.15, 0.2) is 23.9 Å². The first-order chi connectivity index (χ1) is 9.13. The van der Waals surface area contributed by atoms with E-state index in [0.29, 0.717) is 11.2 Å². The molecule has 2 aromatic rings. The number of alkyl halides is 1. The minimum Gasteiger partial charge on any atom is -0.394 e. The molecule has 3 heterocycles. The number of aromatic nitrogens is 4. The van der Waals surface area contributed by atoms with Crippen LogP contribution in [-0.4, -0.2) is 54.7 Å². The minimum atomic E-state index is -1.67. The maximum Gasteiger partial charge on any atom is 0.167 e. The summed E-state index contributed by atoms with van der Waals surface area (Å²) in [5.74, 6) is 0.187. The molecule has 1 fully saturated rings. The van der Waals surface area contributed by atoms with E-state index in [1.54, 1.807) is 0 Å². The SMILES string of the molecule is Nc1ncnc2c1ncn2[C@@H]1O[C@H](CO)[C@H]([18F])[C@H]1O. The Balaban J connectivity index is 2.04. The van der Waals surface area contributed by atoms with Crippen molar-refractivity contribution in [2.75, 3.05) is 12.3 Å². The highest BCUT2D eigenvalue weighted by atomic mass is 18.2. The molecule has 0 radical (unpaired) electrons. The molecule has 0 aliphatic carbocycles. The summed E-state index contributed by atoms with van der Waals surface area (Å²) in [6.07, 6.45) is -2.58. The number of aliphatic hydroxyl groups is 2. The van der Waals surface area contributed by atoms with Crippen molar-refractivity contribution in [1.82, 2.24) is 19.5 Å². The van der Waals surface area contributed by atoms with E-state index in [2.05, 4.69) is 15.0 Å². The largest absolute Gasteiger partial charge is 0.394 e. The Kier molecular flexibility index (Phi) is 2.81. The van der Waals surface area contributed by atoms with Crippen molar-refractivity contribution < 1.29 is 19.3 Å². The number of ether oxygens (including phenoxy) is 1. The van der Waals surface area contributed by atoms with Crippen molar-refractivity contribution in [3.63, 3.8) is 0 Å². The highest BCUT2D eigenvalue weighted by molar-refractivity contribution is 5.81. The molecule has 9 heteroatoms. The lowest BCUT2D eigenvalue weighted by Gasteiger charge is -2.15. The monoisotopic (exact) mass is 268 g/mol. The van der Waals surface area contributed by atoms with Crippen LogP contribution in [0.3, 0.4) is 0 Å². The van der Waals surface area contributed by atoms with E-state index in [9.17, 15) is 9.50 Å². The van der Waals surface area contributed by atoms with Gasteiger partial charge in [0, 0.05) is 0 Å². The fraction of sp³-hybridized carbons (Fsp3) is 0.500. The van der Waals surface area contributed by atoms with Gasteiger partial charge in [-0.05, 0) is 0 Å². The highest BCUT2D eigenvalue weighted by Gasteiger charge is 2.45. The van der Waals surface area contributed by atoms with Crippen LogP contribution in [0.5, 0.6) is 0 Å². The molecule has 1 saturated heterocycles. The molecule has 8 nitrogen and oxygen atoms in total. The van der Waals surface area contributed by atoms with Crippen LogP contribution >= 0.6 is 0 Å². The third kappa shape index (κ3) is 1.74. The van der Waals surface area contributed by atoms with Gasteiger partial charge in [-0.15, -0.1) is 0 Å². The van der Waals surface area contributed by atoms with E-state index in [4.69, 9.17) is 15.6 Å². The summed E-state index contributed by atoms with van der Waals surface area (Å²) in [5, 5.41) is 18.8. The summed E-state index contributed by atoms with van der Waals surface area (Å²) in [6, 6.07) is 0. The van der Waals surface area contributed by atoms with Gasteiger partial charge in [0.1, 0.15) is 24.1 Å². The van der Waals surface area contributed by atoms with Gasteiger partial charge >= 0.3 is 0 Å². The fourth-order valence-electron chi connectivity index (χ4n) is 2.14. The summed E-state index contributed by atoms with van der Waals surface area (Å²) in [4.78, 5) is 11.8. The zero-order valence-corrected chi connectivity index (χ0v) is 9.72. The van der Waals surface area contributed by atoms with Crippen molar-refractivity contribution in [3.8, 4) is 0 Å². The van der Waals surface area contributed by atoms with E-state index < -0.39 is 31.2 Å². The second kappa shape index (κ2) is 4.37. The molecule has 1 aliphatic heterocycles. The summed E-state index contributed by atoms with van der Waals surface area (Å²) in [5.41, 5.74) is 6.32. The molecule has 0 spiro atoms. The van der Waals surface area contributed by atoms with E-state index in [1.165, 1.54) is 17.2 Å². The average molecular weight is 268 g/mol. The lowest BCUT2D eigenvalue weighted by Crippen LogP contribution is -2.29. The third-order valence-electron chi connectivity index (χ3n) is 3.13. The first kappa shape index (κ1) is 12.2. The van der Waals surface area contributed by atoms with Gasteiger partial charge in [0.05, 0.1) is 12.9 Å². The summed E-state index contributed by atoms with van der Waals surface area (Å²) >= 11 is 0. The number of anilines is 1. The van der Waals surface area contributed by atoms with Crippen LogP contribution in [0.2, 0.25) is 0 Å². The number of halogens is 1. The van der Waals surface area contributed by atoms with Crippen molar-refractivity contribution in [1.29, 1.82) is 0 Å². The topological polar surface area (TPSA) is 119 Å². The van der Waals surface area contributed by atoms with Gasteiger partial charge in [0.2, 0.25) is 0 Å². The van der Waals surface area contributed by atoms with E-state index >= 15 is 0 Å². The van der Waals surface area contributed by atoms with Gasteiger partial charge < -0.3 is 20.7 Å². The van der Waals surface area contributed by atoms with Crippen molar-refractivity contribution >= 4 is 17.0 Å². The van der Waals surface area contributed by atoms with Gasteiger partial charge in [-0.25, -0.2) is 19.3 Å². The molecule has 0 aromatic carbocycles. The predicted octanol–water partition coefficient (Wildman–Crippen LogP) is -1.00. The fourth-order valence-corrected chi connectivity index (χ4v) is 2.14. The first-order valence-corrected chi connectivity index (χ1v) is 5.65. The minimum absolute atomic E-state index is 0.187. The van der Waals surface area contributed by atoms with Crippen molar-refractivity contribution in [3.05, 3.63) is 12.7 Å². The Morgan fingerprint density at radius 3 is 2.89 bits per heavy atom. The first-order valence-electron chi connectivity index (χ1n) is 5.65. The second-order valence-corrected chi connectivity index (χ2v) is 4.27. The molecular weight excluding hydrogens is 256 g/mol. The Morgan fingerprint density at radius 2 is 2.21 bits per heavy atom. The van der Waals surface area contributed by atoms with Crippen LogP contribution in [0, 0.1) is 0 Å². The van der Waals surface area contributed by atoms with Gasteiger partial charge in [0.25, 0.3) is 0 Å². The molecule has 1 aliphatic rings. The normalized spacial score (nSPS) is 31.1. The molecule has 4 atom stereocenters. The Labute approximate surface area is 106 Å². The second-order valence-electron chi connectivity index (χ2n) is 4.27. The van der Waals surface area contributed by atoms with Gasteiger partial charge in [-0.2, -0.15) is 0 Å². The van der Waals surface area contributed by atoms with E-state index in [-0.39, 0.29) is 5.82 Å². The van der Waals surface area contributed by atoms with Crippen LogP contribution < -0.4 is 5.73 Å². The van der Waals surface area contributed by atoms with Gasteiger partial charge in [-0.1, -0.05) is 0 Å². The molecule has 3 rings (SSSR count). The van der Waals surface area contributed by atoms with Crippen LogP contribution in [0.4, 0.5) is 10.2 Å². The number of imidazole rings is 1. The number of nitrogen functional groups attached to an aromatic ring is 1. The summed E-state index contributed by atoms with van der Waals surface area (Å²) in [6.45, 7) is -0.515. The highest BCUT2D eigenvalue weighted by Crippen LogP contribution is 2.33. The molecule has 19 heavy (non-hydrogen) atoms.